The summed E-state index contributed by atoms with van der Waals surface area (Å²) in [6.07, 6.45) is 10.8. The molecule has 2 rings (SSSR count). The molecule has 2 bridgehead atoms. The van der Waals surface area contributed by atoms with Crippen LogP contribution in [0, 0.1) is 0 Å². The number of nitrogens with zero attached hydrogens (tertiary/aromatic N) is 1. The van der Waals surface area contributed by atoms with Crippen molar-refractivity contribution in [2.24, 2.45) is 0 Å². The van der Waals surface area contributed by atoms with Crippen molar-refractivity contribution in [3.8, 4) is 0 Å². The van der Waals surface area contributed by atoms with Crippen LogP contribution in [-0.2, 0) is 30.5 Å². The molecule has 0 unspecified atom stereocenters. The number of ether oxygens (including phenoxy) is 1. The molecule has 0 fully saturated rings. The first-order valence-electron chi connectivity index (χ1n) is 13.8. The van der Waals surface area contributed by atoms with E-state index in [4.69, 9.17) is 4.74 Å². The van der Waals surface area contributed by atoms with Crippen molar-refractivity contribution in [2.75, 3.05) is 5.75 Å². The Morgan fingerprint density at radius 3 is 2.65 bits per heavy atom. The number of thioether (sulfide) groups is 1. The number of allylic oxidation sites excluding steroid dienone is 2. The summed E-state index contributed by atoms with van der Waals surface area (Å²) in [6.45, 7) is 5.57. The molecule has 220 valence electrons. The maximum absolute atomic E-state index is 12.9. The largest absolute Gasteiger partial charge is 0.456 e. The number of amides is 3. The highest BCUT2D eigenvalue weighted by molar-refractivity contribution is 8.13. The molecule has 0 spiro atoms. The van der Waals surface area contributed by atoms with E-state index in [1.807, 2.05) is 0 Å². The van der Waals surface area contributed by atoms with Gasteiger partial charge in [-0.25, -0.2) is 9.78 Å². The van der Waals surface area contributed by atoms with E-state index < -0.39 is 29.9 Å². The SMILES string of the molecule is CC=C1NC(=O)c2csc(n2)CNC(=O)C[C@@H](C=CCCSC(=O)CCCCCCC)OC(=O)[C@H](CC)NC1=O. The van der Waals surface area contributed by atoms with Crippen molar-refractivity contribution in [3.63, 3.8) is 0 Å². The molecule has 2 atom stereocenters. The molecule has 1 aliphatic heterocycles. The first kappa shape index (κ1) is 33.2. The Bertz CT molecular complexity index is 1080. The van der Waals surface area contributed by atoms with Crippen molar-refractivity contribution in [1.82, 2.24) is 20.9 Å². The van der Waals surface area contributed by atoms with E-state index in [-0.39, 0.29) is 41.8 Å². The van der Waals surface area contributed by atoms with Crippen LogP contribution in [0.15, 0.2) is 29.3 Å². The number of esters is 1. The number of carbonyl (C=O) groups is 5. The molecule has 0 aliphatic carbocycles. The number of unbranched alkanes of at least 4 members (excludes halogenated alkanes) is 4. The lowest BCUT2D eigenvalue weighted by Gasteiger charge is -2.21. The zero-order valence-electron chi connectivity index (χ0n) is 23.5. The summed E-state index contributed by atoms with van der Waals surface area (Å²) in [6, 6.07) is -0.984. The van der Waals surface area contributed by atoms with Crippen LogP contribution < -0.4 is 16.0 Å². The fourth-order valence-corrected chi connectivity index (χ4v) is 5.23. The lowest BCUT2D eigenvalue weighted by Crippen LogP contribution is -2.45. The molecule has 3 amide bonds. The fraction of sp³-hybridized carbons (Fsp3) is 0.571. The van der Waals surface area contributed by atoms with E-state index in [0.29, 0.717) is 23.6 Å². The minimum absolute atomic E-state index is 0.0179. The molecule has 0 radical (unpaired) electrons. The number of hydrogen-bond acceptors (Lipinski definition) is 9. The van der Waals surface area contributed by atoms with Gasteiger partial charge in [-0.3, -0.25) is 19.2 Å². The molecule has 0 saturated heterocycles. The van der Waals surface area contributed by atoms with Gasteiger partial charge in [-0.15, -0.1) is 11.3 Å². The summed E-state index contributed by atoms with van der Waals surface area (Å²) >= 11 is 2.49. The van der Waals surface area contributed by atoms with E-state index in [9.17, 15) is 24.0 Å². The average molecular weight is 593 g/mol. The Kier molecular flexibility index (Phi) is 15.3. The predicted octanol–water partition coefficient (Wildman–Crippen LogP) is 4.17. The zero-order valence-corrected chi connectivity index (χ0v) is 25.1. The van der Waals surface area contributed by atoms with Crippen LogP contribution >= 0.6 is 23.1 Å². The molecule has 40 heavy (non-hydrogen) atoms. The van der Waals surface area contributed by atoms with Crippen LogP contribution in [0.1, 0.15) is 94.1 Å². The lowest BCUT2D eigenvalue weighted by molar-refractivity contribution is -0.151. The van der Waals surface area contributed by atoms with Gasteiger partial charge in [0.25, 0.3) is 11.8 Å². The van der Waals surface area contributed by atoms with Crippen LogP contribution in [0.2, 0.25) is 0 Å². The standard InChI is InChI=1S/C28H40N4O6S2/c1-4-7-8-9-10-14-25(34)39-15-12-11-13-19-16-23(33)29-17-24-30-22(18-40-24)27(36)31-20(5-2)26(35)32-21(6-3)28(37)38-19/h5,11,13,18-19,21H,4,6-10,12,14-17H2,1-3H3,(H,29,33)(H,31,36)(H,32,35)/t19-,21+/m1/s1. The average Bonchev–Trinajstić information content (AvgIpc) is 3.41. The minimum Gasteiger partial charge on any atom is -0.456 e. The summed E-state index contributed by atoms with van der Waals surface area (Å²) in [4.78, 5) is 67.2. The van der Waals surface area contributed by atoms with Crippen molar-refractivity contribution < 1.29 is 28.7 Å². The Morgan fingerprint density at radius 1 is 1.15 bits per heavy atom. The molecule has 1 aromatic heterocycles. The summed E-state index contributed by atoms with van der Waals surface area (Å²) < 4.78 is 5.61. The van der Waals surface area contributed by atoms with Gasteiger partial charge in [-0.1, -0.05) is 63.4 Å². The number of rotatable bonds is 11. The van der Waals surface area contributed by atoms with E-state index in [1.165, 1.54) is 42.0 Å². The van der Waals surface area contributed by atoms with Gasteiger partial charge in [0.2, 0.25) is 5.91 Å². The number of carbonyl (C=O) groups excluding carboxylic acids is 5. The third kappa shape index (κ3) is 12.0. The van der Waals surface area contributed by atoms with Crippen molar-refractivity contribution in [3.05, 3.63) is 40.0 Å². The topological polar surface area (TPSA) is 144 Å². The van der Waals surface area contributed by atoms with E-state index in [1.54, 1.807) is 31.4 Å². The molecular formula is C28H40N4O6S2. The second kappa shape index (κ2) is 18.4. The molecule has 1 aromatic rings. The molecule has 1 aliphatic rings. The first-order valence-corrected chi connectivity index (χ1v) is 15.7. The first-order chi connectivity index (χ1) is 19.3. The van der Waals surface area contributed by atoms with Crippen LogP contribution in [0.3, 0.4) is 0 Å². The van der Waals surface area contributed by atoms with Gasteiger partial charge in [0.05, 0.1) is 13.0 Å². The monoisotopic (exact) mass is 592 g/mol. The lowest BCUT2D eigenvalue weighted by atomic mass is 10.1. The number of hydrogen-bond donors (Lipinski definition) is 3. The van der Waals surface area contributed by atoms with Crippen molar-refractivity contribution >= 4 is 51.9 Å². The second-order valence-electron chi connectivity index (χ2n) is 9.27. The normalized spacial score (nSPS) is 20.2. The van der Waals surface area contributed by atoms with Gasteiger partial charge in [0.15, 0.2) is 5.12 Å². The van der Waals surface area contributed by atoms with Gasteiger partial charge in [0, 0.05) is 17.6 Å². The van der Waals surface area contributed by atoms with Gasteiger partial charge in [-0.2, -0.15) is 0 Å². The number of cyclic esters (lactones) is 1. The highest BCUT2D eigenvalue weighted by Gasteiger charge is 2.26. The van der Waals surface area contributed by atoms with Crippen molar-refractivity contribution in [1.29, 1.82) is 0 Å². The van der Waals surface area contributed by atoms with Gasteiger partial charge in [0.1, 0.15) is 28.5 Å². The Labute approximate surface area is 244 Å². The third-order valence-electron chi connectivity index (χ3n) is 6.04. The van der Waals surface area contributed by atoms with Crippen molar-refractivity contribution in [2.45, 2.75) is 97.2 Å². The summed E-state index contributed by atoms with van der Waals surface area (Å²) in [5, 5.41) is 10.1. The molecule has 12 heteroatoms. The second-order valence-corrected chi connectivity index (χ2v) is 11.4. The molecule has 0 saturated carbocycles. The van der Waals surface area contributed by atoms with Crippen LogP contribution in [-0.4, -0.2) is 51.7 Å². The molecule has 2 heterocycles. The summed E-state index contributed by atoms with van der Waals surface area (Å²) in [5.41, 5.74) is 0.101. The summed E-state index contributed by atoms with van der Waals surface area (Å²) in [5.74, 6) is -1.68. The van der Waals surface area contributed by atoms with E-state index >= 15 is 0 Å². The number of aromatic nitrogens is 1. The minimum atomic E-state index is -0.984. The van der Waals surface area contributed by atoms with E-state index in [2.05, 4.69) is 27.9 Å². The smallest absolute Gasteiger partial charge is 0.329 e. The van der Waals surface area contributed by atoms with Crippen LogP contribution in [0.25, 0.3) is 0 Å². The Balaban J connectivity index is 2.05. The number of fused-ring (bicyclic) bond motifs is 2. The third-order valence-corrected chi connectivity index (χ3v) is 7.85. The zero-order chi connectivity index (χ0) is 29.3. The van der Waals surface area contributed by atoms with Gasteiger partial charge in [-0.05, 0) is 32.3 Å². The van der Waals surface area contributed by atoms with Gasteiger partial charge < -0.3 is 20.7 Å². The fourth-order valence-electron chi connectivity index (χ4n) is 3.75. The number of nitrogens with one attached hydrogen (secondary N) is 3. The Hall–Kier alpha value is -2.99. The molecular weight excluding hydrogens is 552 g/mol. The van der Waals surface area contributed by atoms with Crippen LogP contribution in [0.5, 0.6) is 0 Å². The van der Waals surface area contributed by atoms with E-state index in [0.717, 1.165) is 19.3 Å². The molecule has 3 N–H and O–H groups in total. The Morgan fingerprint density at radius 2 is 1.93 bits per heavy atom. The highest BCUT2D eigenvalue weighted by Crippen LogP contribution is 2.15. The van der Waals surface area contributed by atoms with Crippen LogP contribution in [0.4, 0.5) is 0 Å². The maximum atomic E-state index is 12.9. The highest BCUT2D eigenvalue weighted by atomic mass is 32.2. The molecule has 0 aromatic carbocycles. The summed E-state index contributed by atoms with van der Waals surface area (Å²) in [7, 11) is 0. The predicted molar refractivity (Wildman–Crippen MR) is 157 cm³/mol. The quantitative estimate of drug-likeness (QED) is 0.150. The molecule has 10 nitrogen and oxygen atoms in total. The van der Waals surface area contributed by atoms with Gasteiger partial charge >= 0.3 is 5.97 Å². The number of thiazole rings is 1. The maximum Gasteiger partial charge on any atom is 0.329 e.